The van der Waals surface area contributed by atoms with Crippen LogP contribution in [0.15, 0.2) is 18.7 Å². The maximum Gasteiger partial charge on any atom is 0.306 e. The maximum absolute atomic E-state index is 12.7. The molecule has 0 aliphatic rings. The van der Waals surface area contributed by atoms with E-state index in [2.05, 4.69) is 60.4 Å². The topological polar surface area (TPSA) is 96.7 Å². The van der Waals surface area contributed by atoms with Crippen molar-refractivity contribution in [3.63, 3.8) is 0 Å². The molecule has 0 radical (unpaired) electrons. The molecule has 8 nitrogen and oxygen atoms in total. The zero-order valence-electron chi connectivity index (χ0n) is 34.9. The lowest BCUT2D eigenvalue weighted by Gasteiger charge is -2.21. The summed E-state index contributed by atoms with van der Waals surface area (Å²) >= 11 is 0. The Kier molecular flexibility index (Phi) is 27.5. The summed E-state index contributed by atoms with van der Waals surface area (Å²) in [5, 5.41) is 0. The number of hydrogen-bond acceptors (Lipinski definition) is 7. The molecule has 2 atom stereocenters. The van der Waals surface area contributed by atoms with Crippen LogP contribution in [0.25, 0.3) is 0 Å². The number of carbonyl (C=O) groups is 3. The van der Waals surface area contributed by atoms with Crippen molar-refractivity contribution in [1.82, 2.24) is 9.55 Å². The summed E-state index contributed by atoms with van der Waals surface area (Å²) in [6.45, 7) is 19.7. The lowest BCUT2D eigenvalue weighted by Crippen LogP contribution is -2.19. The highest BCUT2D eigenvalue weighted by molar-refractivity contribution is 5.70. The molecule has 0 bridgehead atoms. The highest BCUT2D eigenvalue weighted by Gasteiger charge is 2.18. The third kappa shape index (κ3) is 26.4. The fourth-order valence-electron chi connectivity index (χ4n) is 6.53. The summed E-state index contributed by atoms with van der Waals surface area (Å²) in [5.74, 6) is 3.01. The normalized spacial score (nSPS) is 13.5. The zero-order valence-corrected chi connectivity index (χ0v) is 34.9. The largest absolute Gasteiger partial charge is 0.465 e. The number of carbonyl (C=O) groups excluding carboxylic acids is 3. The van der Waals surface area contributed by atoms with Crippen LogP contribution in [0.3, 0.4) is 0 Å². The maximum atomic E-state index is 12.7. The van der Waals surface area contributed by atoms with Gasteiger partial charge in [0.05, 0.1) is 19.5 Å². The van der Waals surface area contributed by atoms with Gasteiger partial charge in [0.1, 0.15) is 6.10 Å². The average Bonchev–Trinajstić information content (AvgIpc) is 3.60. The molecule has 0 fully saturated rings. The van der Waals surface area contributed by atoms with E-state index < -0.39 is 0 Å². The SMILES string of the molecule is CC(C)CCC(COC(=O)CCCCCCCC(CCCCCCCC(=O)OCC(CCC(C)C)C(C)C)OC(=O)CCCn1ccnc1)C(C)C. The first-order valence-corrected chi connectivity index (χ1v) is 21.3. The van der Waals surface area contributed by atoms with Crippen LogP contribution in [0.4, 0.5) is 0 Å². The molecule has 0 aliphatic heterocycles. The van der Waals surface area contributed by atoms with E-state index in [0.29, 0.717) is 68.0 Å². The van der Waals surface area contributed by atoms with Crippen LogP contribution in [0.5, 0.6) is 0 Å². The van der Waals surface area contributed by atoms with Gasteiger partial charge in [0.15, 0.2) is 0 Å². The van der Waals surface area contributed by atoms with Gasteiger partial charge >= 0.3 is 17.9 Å². The number of rotatable bonds is 33. The van der Waals surface area contributed by atoms with E-state index in [1.54, 1.807) is 12.5 Å². The molecule has 2 unspecified atom stereocenters. The number of hydrogen-bond donors (Lipinski definition) is 0. The van der Waals surface area contributed by atoms with Gasteiger partial charge in [0, 0.05) is 38.2 Å². The van der Waals surface area contributed by atoms with E-state index in [1.807, 2.05) is 10.8 Å². The zero-order chi connectivity index (χ0) is 38.6. The monoisotopic (exact) mass is 733 g/mol. The minimum atomic E-state index is -0.116. The number of imidazole rings is 1. The fourth-order valence-corrected chi connectivity index (χ4v) is 6.53. The number of unbranched alkanes of at least 4 members (excludes halogenated alkanes) is 8. The summed E-state index contributed by atoms with van der Waals surface area (Å²) in [6, 6.07) is 0. The number of aryl methyl sites for hydroxylation is 1. The van der Waals surface area contributed by atoms with Gasteiger partial charge in [-0.05, 0) is 93.3 Å². The molecule has 1 rings (SSSR count). The Hall–Kier alpha value is -2.38. The molecule has 8 heteroatoms. The van der Waals surface area contributed by atoms with Crippen LogP contribution < -0.4 is 0 Å². The van der Waals surface area contributed by atoms with E-state index in [4.69, 9.17) is 14.2 Å². The lowest BCUT2D eigenvalue weighted by molar-refractivity contribution is -0.150. The predicted molar refractivity (Wildman–Crippen MR) is 213 cm³/mol. The van der Waals surface area contributed by atoms with Gasteiger partial charge in [-0.25, -0.2) is 4.98 Å². The van der Waals surface area contributed by atoms with Gasteiger partial charge in [-0.3, -0.25) is 14.4 Å². The molecule has 0 aliphatic carbocycles. The second-order valence-corrected chi connectivity index (χ2v) is 16.9. The molecular formula is C44H80N2O6. The number of esters is 3. The van der Waals surface area contributed by atoms with Crippen LogP contribution in [0, 0.1) is 35.5 Å². The molecule has 0 aromatic carbocycles. The average molecular weight is 733 g/mol. The Morgan fingerprint density at radius 2 is 0.981 bits per heavy atom. The number of nitrogens with zero attached hydrogens (tertiary/aromatic N) is 2. The van der Waals surface area contributed by atoms with Crippen molar-refractivity contribution in [2.24, 2.45) is 35.5 Å². The molecule has 302 valence electrons. The first kappa shape index (κ1) is 47.6. The molecule has 1 aromatic heterocycles. The van der Waals surface area contributed by atoms with Crippen molar-refractivity contribution in [1.29, 1.82) is 0 Å². The third-order valence-electron chi connectivity index (χ3n) is 10.5. The summed E-state index contributed by atoms with van der Waals surface area (Å²) in [7, 11) is 0. The van der Waals surface area contributed by atoms with Crippen LogP contribution >= 0.6 is 0 Å². The molecular weight excluding hydrogens is 652 g/mol. The van der Waals surface area contributed by atoms with Gasteiger partial charge in [0.25, 0.3) is 0 Å². The fraction of sp³-hybridized carbons (Fsp3) is 0.864. The molecule has 52 heavy (non-hydrogen) atoms. The van der Waals surface area contributed by atoms with Crippen molar-refractivity contribution in [2.75, 3.05) is 13.2 Å². The predicted octanol–water partition coefficient (Wildman–Crippen LogP) is 11.5. The van der Waals surface area contributed by atoms with Gasteiger partial charge in [-0.2, -0.15) is 0 Å². The summed E-state index contributed by atoms with van der Waals surface area (Å²) in [4.78, 5) is 41.5. The van der Waals surface area contributed by atoms with E-state index in [-0.39, 0.29) is 24.0 Å². The van der Waals surface area contributed by atoms with E-state index in [9.17, 15) is 14.4 Å². The Morgan fingerprint density at radius 3 is 1.40 bits per heavy atom. The first-order chi connectivity index (χ1) is 24.9. The number of aromatic nitrogens is 2. The third-order valence-corrected chi connectivity index (χ3v) is 10.5. The molecule has 0 spiro atoms. The van der Waals surface area contributed by atoms with Crippen LogP contribution in [0.2, 0.25) is 0 Å². The minimum Gasteiger partial charge on any atom is -0.465 e. The Balaban J connectivity index is 2.33. The van der Waals surface area contributed by atoms with Crippen molar-refractivity contribution in [3.8, 4) is 0 Å². The summed E-state index contributed by atoms with van der Waals surface area (Å²) in [5.41, 5.74) is 0. The molecule has 0 saturated heterocycles. The van der Waals surface area contributed by atoms with Crippen molar-refractivity contribution in [2.45, 2.75) is 196 Å². The Labute approximate surface area is 319 Å². The van der Waals surface area contributed by atoms with Gasteiger partial charge in [-0.1, -0.05) is 107 Å². The quantitative estimate of drug-likeness (QED) is 0.0403. The Bertz CT molecular complexity index is 968. The molecule has 1 heterocycles. The van der Waals surface area contributed by atoms with Crippen LogP contribution in [-0.2, 0) is 35.1 Å². The lowest BCUT2D eigenvalue weighted by atomic mass is 9.89. The van der Waals surface area contributed by atoms with Gasteiger partial charge < -0.3 is 18.8 Å². The smallest absolute Gasteiger partial charge is 0.306 e. The molecule has 0 saturated carbocycles. The second-order valence-electron chi connectivity index (χ2n) is 16.9. The van der Waals surface area contributed by atoms with E-state index >= 15 is 0 Å². The van der Waals surface area contributed by atoms with E-state index in [0.717, 1.165) is 103 Å². The molecule has 1 aromatic rings. The van der Waals surface area contributed by atoms with Crippen molar-refractivity contribution in [3.05, 3.63) is 18.7 Å². The summed E-state index contributed by atoms with van der Waals surface area (Å²) in [6.07, 6.45) is 23.9. The van der Waals surface area contributed by atoms with Crippen molar-refractivity contribution < 1.29 is 28.6 Å². The minimum absolute atomic E-state index is 0.0556. The van der Waals surface area contributed by atoms with Gasteiger partial charge in [-0.15, -0.1) is 0 Å². The van der Waals surface area contributed by atoms with Crippen LogP contribution in [0.1, 0.15) is 184 Å². The molecule has 0 N–H and O–H groups in total. The molecule has 0 amide bonds. The first-order valence-electron chi connectivity index (χ1n) is 21.3. The van der Waals surface area contributed by atoms with E-state index in [1.165, 1.54) is 12.8 Å². The highest BCUT2D eigenvalue weighted by atomic mass is 16.5. The summed E-state index contributed by atoms with van der Waals surface area (Å²) < 4.78 is 19.3. The Morgan fingerprint density at radius 1 is 0.538 bits per heavy atom. The second kappa shape index (κ2) is 30.0. The van der Waals surface area contributed by atoms with Crippen LogP contribution in [-0.4, -0.2) is 46.8 Å². The standard InChI is InChI=1S/C44H80N2O6/c1-35(2)25-27-39(37(5)6)32-50-42(47)22-17-13-9-11-15-20-41(52-44(49)24-19-30-46-31-29-45-34-46)21-16-12-10-14-18-23-43(48)51-33-40(38(7)8)28-26-36(3)4/h29,31,34-41H,9-28,30,32-33H2,1-8H3. The van der Waals surface area contributed by atoms with Gasteiger partial charge in [0.2, 0.25) is 0 Å². The number of ether oxygens (including phenoxy) is 3. The highest BCUT2D eigenvalue weighted by Crippen LogP contribution is 2.23. The van der Waals surface area contributed by atoms with Crippen molar-refractivity contribution >= 4 is 17.9 Å².